The number of hydrogen-bond acceptors (Lipinski definition) is 12. The molecule has 0 saturated carbocycles. The second kappa shape index (κ2) is 29.5. The van der Waals surface area contributed by atoms with Crippen LogP contribution < -0.4 is 15.5 Å². The van der Waals surface area contributed by atoms with Crippen LogP contribution in [0.1, 0.15) is 122 Å². The van der Waals surface area contributed by atoms with Crippen molar-refractivity contribution in [1.29, 1.82) is 0 Å². The van der Waals surface area contributed by atoms with Crippen LogP contribution in [0.25, 0.3) is 22.5 Å². The average molecular weight is 993 g/mol. The van der Waals surface area contributed by atoms with Gasteiger partial charge in [0.15, 0.2) is 0 Å². The van der Waals surface area contributed by atoms with Gasteiger partial charge in [-0.2, -0.15) is 0 Å². The smallest absolute Gasteiger partial charge is 0.246 e. The van der Waals surface area contributed by atoms with Crippen molar-refractivity contribution in [3.63, 3.8) is 0 Å². The quantitative estimate of drug-likeness (QED) is 0.0362. The predicted molar refractivity (Wildman–Crippen MR) is 239 cm³/mol. The molecule has 6 amide bonds. The molecule has 2 aromatic carbocycles. The first kappa shape index (κ1) is 55.2. The Hall–Kier alpha value is -5.17. The van der Waals surface area contributed by atoms with Gasteiger partial charge in [0.1, 0.15) is 11.5 Å². The number of nitrogens with zero attached hydrogens (tertiary/aromatic N) is 7. The Bertz CT molecular complexity index is 2080. The van der Waals surface area contributed by atoms with Crippen molar-refractivity contribution in [2.24, 2.45) is 7.05 Å². The van der Waals surface area contributed by atoms with E-state index in [0.29, 0.717) is 111 Å². The van der Waals surface area contributed by atoms with Gasteiger partial charge in [-0.15, -0.1) is 5.10 Å². The monoisotopic (exact) mass is 992 g/mol. The summed E-state index contributed by atoms with van der Waals surface area (Å²) in [5, 5.41) is 45.5. The molecule has 0 aliphatic carbocycles. The number of Topliss-reactive ketones (excluding diaryl/α,β-unsaturated/α-hetero) is 1. The number of carbonyl (C=O) groups is 7. The molecule has 19 nitrogen and oxygen atoms in total. The maximum absolute atomic E-state index is 13.7. The Kier molecular flexibility index (Phi) is 24.6. The number of fused-ring (bicyclic) bond motifs is 5. The van der Waals surface area contributed by atoms with Crippen molar-refractivity contribution in [2.75, 3.05) is 37.6 Å². The maximum atomic E-state index is 13.7. The zero-order valence-electron chi connectivity index (χ0n) is 38.2. The van der Waals surface area contributed by atoms with E-state index in [9.17, 15) is 49.2 Å². The summed E-state index contributed by atoms with van der Waals surface area (Å²) in [6, 6.07) is 15.5. The van der Waals surface area contributed by atoms with Crippen LogP contribution in [0.15, 0.2) is 48.5 Å². The van der Waals surface area contributed by atoms with E-state index in [0.717, 1.165) is 28.1 Å². The summed E-state index contributed by atoms with van der Waals surface area (Å²) in [4.78, 5) is 88.0. The van der Waals surface area contributed by atoms with Crippen LogP contribution >= 0.6 is 0 Å². The molecule has 2 heterocycles. The molecular formula is C46H65N9O10Zr. The van der Waals surface area contributed by atoms with Gasteiger partial charge in [0.2, 0.25) is 35.4 Å². The van der Waals surface area contributed by atoms with Gasteiger partial charge in [-0.3, -0.25) is 49.2 Å². The Morgan fingerprint density at radius 3 is 1.71 bits per heavy atom. The van der Waals surface area contributed by atoms with Gasteiger partial charge in [0.05, 0.1) is 17.9 Å². The molecule has 20 heteroatoms. The minimum Gasteiger partial charge on any atom is -0.356 e. The van der Waals surface area contributed by atoms with Crippen LogP contribution in [0.3, 0.4) is 0 Å². The standard InChI is InChI=1S/C46H65N9O10.Zr/c1-34(56)53(63)30-15-5-12-28-47-40(58)24-27-44(62)55(65)32-16-6-13-29-48-41(59)23-26-43(61)54(64)31-14-4-3-7-18-36(57)22-25-42(60)52-33-35-17-8-9-19-37(35)46-45(49-50-51(46)2)38-20-10-11-21-39(38)52;/h8-11,17,19-21,63-65H,3-7,12-16,18,22-33H2,1-2H3,(H,47,58)(H,48,59);/i;1-2. The molecule has 3 aromatic rings. The Labute approximate surface area is 405 Å². The molecule has 0 fully saturated rings. The van der Waals surface area contributed by atoms with Crippen molar-refractivity contribution < 1.29 is 75.4 Å². The number of rotatable bonds is 28. The predicted octanol–water partition coefficient (Wildman–Crippen LogP) is 5.10. The Balaban J connectivity index is 0.0000116. The number of amides is 6. The van der Waals surface area contributed by atoms with Crippen molar-refractivity contribution in [1.82, 2.24) is 40.8 Å². The Morgan fingerprint density at radius 1 is 0.606 bits per heavy atom. The minimum atomic E-state index is -0.570. The number of benzene rings is 2. The van der Waals surface area contributed by atoms with E-state index in [1.807, 2.05) is 55.6 Å². The molecule has 4 rings (SSSR count). The number of aromatic nitrogens is 3. The molecule has 0 saturated heterocycles. The molecule has 358 valence electrons. The van der Waals surface area contributed by atoms with Gasteiger partial charge in [0, 0.05) is 129 Å². The number of aryl methyl sites for hydroxylation is 1. The summed E-state index contributed by atoms with van der Waals surface area (Å²) in [6.45, 7) is 2.76. The number of hydrogen-bond donors (Lipinski definition) is 5. The first-order valence-corrected chi connectivity index (χ1v) is 22.6. The fourth-order valence-electron chi connectivity index (χ4n) is 7.43. The van der Waals surface area contributed by atoms with Crippen molar-refractivity contribution in [3.8, 4) is 22.5 Å². The molecular weight excluding hydrogens is 927 g/mol. The van der Waals surface area contributed by atoms with Gasteiger partial charge in [-0.1, -0.05) is 60.5 Å². The van der Waals surface area contributed by atoms with E-state index in [1.54, 1.807) is 9.58 Å². The fourth-order valence-corrected chi connectivity index (χ4v) is 7.43. The van der Waals surface area contributed by atoms with E-state index in [1.165, 1.54) is 6.92 Å². The molecule has 1 aromatic heterocycles. The first-order valence-electron chi connectivity index (χ1n) is 22.6. The second-order valence-corrected chi connectivity index (χ2v) is 16.3. The number of anilines is 1. The van der Waals surface area contributed by atoms with Crippen molar-refractivity contribution in [3.05, 3.63) is 54.1 Å². The van der Waals surface area contributed by atoms with Crippen LogP contribution in [0.2, 0.25) is 0 Å². The maximum Gasteiger partial charge on any atom is 0.246 e. The molecule has 1 aliphatic rings. The average Bonchev–Trinajstić information content (AvgIpc) is 3.68. The van der Waals surface area contributed by atoms with Gasteiger partial charge < -0.3 is 15.5 Å². The normalized spacial score (nSPS) is 11.4. The summed E-state index contributed by atoms with van der Waals surface area (Å²) in [6.07, 6.45) is 6.24. The van der Waals surface area contributed by atoms with E-state index in [2.05, 4.69) is 20.9 Å². The van der Waals surface area contributed by atoms with Gasteiger partial charge >= 0.3 is 0 Å². The van der Waals surface area contributed by atoms with Gasteiger partial charge in [-0.05, 0) is 63.0 Å². The number of ketones is 1. The number of carbonyl (C=O) groups excluding carboxylic acids is 7. The molecule has 1 aliphatic heterocycles. The van der Waals surface area contributed by atoms with Crippen molar-refractivity contribution >= 4 is 46.9 Å². The topological polar surface area (TPSA) is 248 Å². The number of hydroxylamine groups is 6. The largest absolute Gasteiger partial charge is 0.356 e. The molecule has 66 heavy (non-hydrogen) atoms. The zero-order chi connectivity index (χ0) is 47.1. The number of para-hydroxylation sites is 1. The SMILES string of the molecule is CC(=O)N(O)CCCCCNC(=O)CCC(=O)N(O)CCCCCNC(=O)CCC(=O)N(O)CCCCCCC(=O)CCC(=O)N1Cc2ccccc2-c2c(nnn2C)-c2ccccc21.[89Zr]. The van der Waals surface area contributed by atoms with Gasteiger partial charge in [0.25, 0.3) is 0 Å². The van der Waals surface area contributed by atoms with Crippen LogP contribution in [0.5, 0.6) is 0 Å². The molecule has 5 N–H and O–H groups in total. The number of unbranched alkanes of at least 4 members (excludes halogenated alkanes) is 7. The summed E-state index contributed by atoms with van der Waals surface area (Å²) in [7, 11) is 1.85. The number of nitrogens with one attached hydrogen (secondary N) is 2. The third kappa shape index (κ3) is 18.3. The third-order valence-corrected chi connectivity index (χ3v) is 11.2. The third-order valence-electron chi connectivity index (χ3n) is 11.2. The van der Waals surface area contributed by atoms with E-state index in [-0.39, 0.29) is 108 Å². The molecule has 0 atom stereocenters. The van der Waals surface area contributed by atoms with Gasteiger partial charge in [-0.25, -0.2) is 19.9 Å². The molecule has 0 unspecified atom stereocenters. The molecule has 0 spiro atoms. The van der Waals surface area contributed by atoms with Crippen LogP contribution in [-0.4, -0.2) is 120 Å². The van der Waals surface area contributed by atoms with E-state index < -0.39 is 17.7 Å². The Morgan fingerprint density at radius 2 is 1.12 bits per heavy atom. The summed E-state index contributed by atoms with van der Waals surface area (Å²) in [5.41, 5.74) is 5.00. The van der Waals surface area contributed by atoms with Crippen LogP contribution in [0.4, 0.5) is 5.69 Å². The van der Waals surface area contributed by atoms with Crippen LogP contribution in [-0.2, 0) is 73.4 Å². The summed E-state index contributed by atoms with van der Waals surface area (Å²) >= 11 is 0. The summed E-state index contributed by atoms with van der Waals surface area (Å²) < 4.78 is 1.75. The second-order valence-electron chi connectivity index (χ2n) is 16.3. The fraction of sp³-hybridized carbons (Fsp3) is 0.543. The molecule has 0 bridgehead atoms. The minimum absolute atomic E-state index is 0. The molecule has 0 radical (unpaired) electrons. The van der Waals surface area contributed by atoms with E-state index >= 15 is 0 Å². The van der Waals surface area contributed by atoms with E-state index in [4.69, 9.17) is 0 Å². The van der Waals surface area contributed by atoms with Crippen molar-refractivity contribution in [2.45, 2.75) is 123 Å². The zero-order valence-corrected chi connectivity index (χ0v) is 40.7. The first-order chi connectivity index (χ1) is 31.3. The van der Waals surface area contributed by atoms with Crippen LogP contribution in [0, 0.1) is 0 Å². The summed E-state index contributed by atoms with van der Waals surface area (Å²) in [5.74, 6) is -2.37.